The van der Waals surface area contributed by atoms with Gasteiger partial charge in [-0.3, -0.25) is 4.79 Å². The molecule has 0 radical (unpaired) electrons. The van der Waals surface area contributed by atoms with Gasteiger partial charge in [-0.15, -0.1) is 0 Å². The summed E-state index contributed by atoms with van der Waals surface area (Å²) in [5, 5.41) is 0. The fraction of sp³-hybridized carbons (Fsp3) is 0.308. The van der Waals surface area contributed by atoms with Crippen molar-refractivity contribution in [2.24, 2.45) is 0 Å². The van der Waals surface area contributed by atoms with Gasteiger partial charge in [0.2, 0.25) is 5.91 Å². The number of hydrogen-bond acceptors (Lipinski definition) is 2. The van der Waals surface area contributed by atoms with Gasteiger partial charge in [0.15, 0.2) is 0 Å². The summed E-state index contributed by atoms with van der Waals surface area (Å²) in [4.78, 5) is 13.3. The van der Waals surface area contributed by atoms with Crippen LogP contribution in [-0.2, 0) is 9.53 Å². The van der Waals surface area contributed by atoms with Crippen molar-refractivity contribution in [3.8, 4) is 0 Å². The maximum absolute atomic E-state index is 11.5. The maximum atomic E-state index is 11.5. The van der Waals surface area contributed by atoms with Crippen molar-refractivity contribution in [2.75, 3.05) is 19.7 Å². The zero-order valence-electron chi connectivity index (χ0n) is 9.13. The van der Waals surface area contributed by atoms with Crippen molar-refractivity contribution in [3.05, 3.63) is 48.6 Å². The number of ether oxygens (including phenoxy) is 1. The van der Waals surface area contributed by atoms with Gasteiger partial charge in [-0.05, 0) is 11.6 Å². The lowest BCUT2D eigenvalue weighted by molar-refractivity contribution is -0.133. The molecule has 3 heteroatoms. The smallest absolute Gasteiger partial charge is 0.246 e. The topological polar surface area (TPSA) is 29.5 Å². The van der Waals surface area contributed by atoms with Gasteiger partial charge in [0.05, 0.1) is 13.2 Å². The molecule has 0 N–H and O–H groups in total. The number of morpholine rings is 1. The van der Waals surface area contributed by atoms with Crippen LogP contribution in [-0.4, -0.2) is 30.5 Å². The lowest BCUT2D eigenvalue weighted by atomic mass is 10.1. The van der Waals surface area contributed by atoms with Crippen molar-refractivity contribution in [2.45, 2.75) is 6.10 Å². The molecule has 1 aliphatic rings. The van der Waals surface area contributed by atoms with E-state index < -0.39 is 0 Å². The number of carbonyl (C=O) groups is 1. The second-order valence-electron chi connectivity index (χ2n) is 3.76. The molecule has 1 atom stereocenters. The number of benzene rings is 1. The Labute approximate surface area is 95.3 Å². The minimum absolute atomic E-state index is 0.0150. The normalized spacial score (nSPS) is 20.5. The minimum Gasteiger partial charge on any atom is -0.370 e. The van der Waals surface area contributed by atoms with Gasteiger partial charge in [-0.2, -0.15) is 0 Å². The van der Waals surface area contributed by atoms with E-state index in [-0.39, 0.29) is 12.0 Å². The molecule has 1 aliphatic heterocycles. The van der Waals surface area contributed by atoms with E-state index >= 15 is 0 Å². The van der Waals surface area contributed by atoms with Crippen molar-refractivity contribution < 1.29 is 9.53 Å². The van der Waals surface area contributed by atoms with Crippen LogP contribution in [0.4, 0.5) is 0 Å². The zero-order chi connectivity index (χ0) is 11.4. The molecule has 1 aromatic carbocycles. The van der Waals surface area contributed by atoms with E-state index in [1.54, 1.807) is 4.90 Å². The molecule has 2 rings (SSSR count). The summed E-state index contributed by atoms with van der Waals surface area (Å²) in [6, 6.07) is 9.97. The molecule has 0 aliphatic carbocycles. The predicted molar refractivity (Wildman–Crippen MR) is 61.9 cm³/mol. The maximum Gasteiger partial charge on any atom is 0.246 e. The van der Waals surface area contributed by atoms with Crippen molar-refractivity contribution in [1.29, 1.82) is 0 Å². The summed E-state index contributed by atoms with van der Waals surface area (Å²) in [6.45, 7) is 5.34. The Balaban J connectivity index is 2.07. The second kappa shape index (κ2) is 4.94. The Hall–Kier alpha value is -1.61. The van der Waals surface area contributed by atoms with Gasteiger partial charge >= 0.3 is 0 Å². The quantitative estimate of drug-likeness (QED) is 0.707. The Bertz CT molecular complexity index is 375. The first-order valence-electron chi connectivity index (χ1n) is 5.39. The first-order chi connectivity index (χ1) is 7.81. The second-order valence-corrected chi connectivity index (χ2v) is 3.76. The zero-order valence-corrected chi connectivity index (χ0v) is 9.13. The van der Waals surface area contributed by atoms with Gasteiger partial charge in [0.25, 0.3) is 0 Å². The monoisotopic (exact) mass is 217 g/mol. The van der Waals surface area contributed by atoms with Crippen molar-refractivity contribution in [3.63, 3.8) is 0 Å². The van der Waals surface area contributed by atoms with E-state index in [9.17, 15) is 4.79 Å². The minimum atomic E-state index is -0.0239. The van der Waals surface area contributed by atoms with E-state index in [4.69, 9.17) is 4.74 Å². The van der Waals surface area contributed by atoms with E-state index in [0.717, 1.165) is 5.56 Å². The third kappa shape index (κ3) is 2.31. The molecule has 0 aromatic heterocycles. The third-order valence-electron chi connectivity index (χ3n) is 2.72. The van der Waals surface area contributed by atoms with Crippen LogP contribution in [0.15, 0.2) is 43.0 Å². The van der Waals surface area contributed by atoms with Crippen LogP contribution < -0.4 is 0 Å². The summed E-state index contributed by atoms with van der Waals surface area (Å²) in [5.74, 6) is -0.0239. The number of carbonyl (C=O) groups excluding carboxylic acids is 1. The van der Waals surface area contributed by atoms with Gasteiger partial charge < -0.3 is 9.64 Å². The molecule has 84 valence electrons. The molecule has 0 spiro atoms. The van der Waals surface area contributed by atoms with Crippen LogP contribution in [0.5, 0.6) is 0 Å². The SMILES string of the molecule is C=CC(=O)N1CCO[C@H](c2ccccc2)C1. The molecule has 1 fully saturated rings. The molecule has 3 nitrogen and oxygen atoms in total. The van der Waals surface area contributed by atoms with Crippen LogP contribution in [0.3, 0.4) is 0 Å². The fourth-order valence-electron chi connectivity index (χ4n) is 1.85. The van der Waals surface area contributed by atoms with Crippen LogP contribution in [0, 0.1) is 0 Å². The third-order valence-corrected chi connectivity index (χ3v) is 2.72. The summed E-state index contributed by atoms with van der Waals surface area (Å²) >= 11 is 0. The van der Waals surface area contributed by atoms with Gasteiger partial charge in [-0.1, -0.05) is 36.9 Å². The first-order valence-corrected chi connectivity index (χ1v) is 5.39. The summed E-state index contributed by atoms with van der Waals surface area (Å²) in [7, 11) is 0. The van der Waals surface area contributed by atoms with Gasteiger partial charge in [-0.25, -0.2) is 0 Å². The number of hydrogen-bond donors (Lipinski definition) is 0. The van der Waals surface area contributed by atoms with Gasteiger partial charge in [0.1, 0.15) is 6.10 Å². The molecule has 0 saturated carbocycles. The summed E-state index contributed by atoms with van der Waals surface area (Å²) in [5.41, 5.74) is 1.11. The predicted octanol–water partition coefficient (Wildman–Crippen LogP) is 1.77. The molecule has 0 bridgehead atoms. The number of nitrogens with zero attached hydrogens (tertiary/aromatic N) is 1. The van der Waals surface area contributed by atoms with E-state index in [0.29, 0.717) is 19.7 Å². The lowest BCUT2D eigenvalue weighted by Gasteiger charge is -2.32. The van der Waals surface area contributed by atoms with Crippen LogP contribution >= 0.6 is 0 Å². The fourth-order valence-corrected chi connectivity index (χ4v) is 1.85. The summed E-state index contributed by atoms with van der Waals surface area (Å²) in [6.07, 6.45) is 1.34. The molecular weight excluding hydrogens is 202 g/mol. The van der Waals surface area contributed by atoms with Crippen molar-refractivity contribution >= 4 is 5.91 Å². The molecule has 1 amide bonds. The van der Waals surface area contributed by atoms with Crippen molar-refractivity contribution in [1.82, 2.24) is 4.90 Å². The highest BCUT2D eigenvalue weighted by atomic mass is 16.5. The molecule has 1 saturated heterocycles. The average molecular weight is 217 g/mol. The van der Waals surface area contributed by atoms with Gasteiger partial charge in [0, 0.05) is 6.54 Å². The first kappa shape index (κ1) is 10.9. The van der Waals surface area contributed by atoms with Crippen LogP contribution in [0.1, 0.15) is 11.7 Å². The Morgan fingerprint density at radius 1 is 1.44 bits per heavy atom. The Kier molecular flexibility index (Phi) is 3.37. The molecule has 1 heterocycles. The molecule has 0 unspecified atom stereocenters. The highest BCUT2D eigenvalue weighted by molar-refractivity contribution is 5.87. The highest BCUT2D eigenvalue weighted by Gasteiger charge is 2.23. The molecule has 16 heavy (non-hydrogen) atoms. The van der Waals surface area contributed by atoms with E-state index in [2.05, 4.69) is 6.58 Å². The highest BCUT2D eigenvalue weighted by Crippen LogP contribution is 2.21. The largest absolute Gasteiger partial charge is 0.370 e. The Morgan fingerprint density at radius 2 is 2.19 bits per heavy atom. The van der Waals surface area contributed by atoms with Crippen LogP contribution in [0.2, 0.25) is 0 Å². The standard InChI is InChI=1S/C13H15NO2/c1-2-13(15)14-8-9-16-12(10-14)11-6-4-3-5-7-11/h2-7,12H,1,8-10H2/t12-/m0/s1. The number of rotatable bonds is 2. The van der Waals surface area contributed by atoms with Crippen LogP contribution in [0.25, 0.3) is 0 Å². The molecule has 1 aromatic rings. The van der Waals surface area contributed by atoms with E-state index in [1.807, 2.05) is 30.3 Å². The lowest BCUT2D eigenvalue weighted by Crippen LogP contribution is -2.41. The average Bonchev–Trinajstić information content (AvgIpc) is 2.39. The van der Waals surface area contributed by atoms with E-state index in [1.165, 1.54) is 6.08 Å². The molecular formula is C13H15NO2. The Morgan fingerprint density at radius 3 is 2.88 bits per heavy atom. The summed E-state index contributed by atoms with van der Waals surface area (Å²) < 4.78 is 5.66. The number of amides is 1.